The highest BCUT2D eigenvalue weighted by Gasteiger charge is 2.00. The van der Waals surface area contributed by atoms with E-state index in [2.05, 4.69) is 10.00 Å². The van der Waals surface area contributed by atoms with Crippen molar-refractivity contribution in [2.24, 2.45) is 0 Å². The van der Waals surface area contributed by atoms with Crippen LogP contribution in [0.15, 0.2) is 10.9 Å². The van der Waals surface area contributed by atoms with E-state index in [1.54, 1.807) is 10.7 Å². The smallest absolute Gasteiger partial charge is 0.266 e. The van der Waals surface area contributed by atoms with Gasteiger partial charge in [0, 0.05) is 18.3 Å². The summed E-state index contributed by atoms with van der Waals surface area (Å²) in [5.74, 6) is 0. The topological polar surface area (TPSA) is 41.0 Å². The van der Waals surface area contributed by atoms with Gasteiger partial charge in [-0.3, -0.25) is 14.6 Å². The van der Waals surface area contributed by atoms with E-state index in [1.807, 2.05) is 21.0 Å². The molecule has 0 aliphatic heterocycles. The lowest BCUT2D eigenvalue weighted by Gasteiger charge is -2.08. The van der Waals surface area contributed by atoms with Gasteiger partial charge in [-0.15, -0.1) is 0 Å². The van der Waals surface area contributed by atoms with Crippen molar-refractivity contribution in [2.75, 3.05) is 20.6 Å². The van der Waals surface area contributed by atoms with E-state index in [9.17, 15) is 4.79 Å². The molecule has 0 aromatic carbocycles. The van der Waals surface area contributed by atoms with Gasteiger partial charge >= 0.3 is 0 Å². The van der Waals surface area contributed by atoms with Crippen LogP contribution in [0.3, 0.4) is 0 Å². The first-order chi connectivity index (χ1) is 6.13. The van der Waals surface area contributed by atoms with E-state index in [1.165, 1.54) is 0 Å². The number of hydrogen-bond acceptors (Lipinski definition) is 2. The van der Waals surface area contributed by atoms with Crippen LogP contribution in [-0.2, 0) is 13.0 Å². The average Bonchev–Trinajstić information content (AvgIpc) is 2.43. The van der Waals surface area contributed by atoms with Gasteiger partial charge in [-0.1, -0.05) is 6.92 Å². The molecule has 1 rings (SSSR count). The van der Waals surface area contributed by atoms with Gasteiger partial charge in [-0.2, -0.15) is 0 Å². The fraction of sp³-hybridized carbons (Fsp3) is 0.667. The summed E-state index contributed by atoms with van der Waals surface area (Å²) in [5, 5.41) is 3.06. The Morgan fingerprint density at radius 2 is 2.23 bits per heavy atom. The second kappa shape index (κ2) is 4.28. The summed E-state index contributed by atoms with van der Waals surface area (Å²) in [5.41, 5.74) is 1.07. The maximum atomic E-state index is 11.3. The molecule has 4 nitrogen and oxygen atoms in total. The molecule has 0 saturated carbocycles. The van der Waals surface area contributed by atoms with Crippen LogP contribution in [0, 0.1) is 0 Å². The van der Waals surface area contributed by atoms with Crippen molar-refractivity contribution in [3.8, 4) is 0 Å². The Morgan fingerprint density at radius 3 is 2.69 bits per heavy atom. The van der Waals surface area contributed by atoms with Crippen LogP contribution in [0.5, 0.6) is 0 Å². The van der Waals surface area contributed by atoms with Gasteiger partial charge in [-0.05, 0) is 20.5 Å². The van der Waals surface area contributed by atoms with E-state index < -0.39 is 0 Å². The lowest BCUT2D eigenvalue weighted by atomic mass is 10.3. The van der Waals surface area contributed by atoms with Crippen molar-refractivity contribution in [1.29, 1.82) is 0 Å². The number of likely N-dealkylation sites (N-methyl/N-ethyl adjacent to an activating group) is 1. The molecule has 0 aliphatic rings. The number of aromatic amines is 1. The van der Waals surface area contributed by atoms with Gasteiger partial charge in [0.1, 0.15) is 0 Å². The number of aryl methyl sites for hydroxylation is 1. The van der Waals surface area contributed by atoms with Crippen molar-refractivity contribution >= 4 is 0 Å². The van der Waals surface area contributed by atoms with Crippen molar-refractivity contribution in [2.45, 2.75) is 19.9 Å². The summed E-state index contributed by atoms with van der Waals surface area (Å²) in [4.78, 5) is 13.4. The number of aromatic nitrogens is 2. The molecule has 1 N–H and O–H groups in total. The average molecular weight is 183 g/mol. The highest BCUT2D eigenvalue weighted by molar-refractivity contribution is 4.98. The highest BCUT2D eigenvalue weighted by atomic mass is 16.1. The van der Waals surface area contributed by atoms with E-state index in [0.29, 0.717) is 0 Å². The molecule has 4 heteroatoms. The van der Waals surface area contributed by atoms with Crippen LogP contribution in [0.25, 0.3) is 0 Å². The van der Waals surface area contributed by atoms with E-state index >= 15 is 0 Å². The minimum absolute atomic E-state index is 0.0682. The fourth-order valence-electron chi connectivity index (χ4n) is 1.13. The Bertz CT molecular complexity index is 311. The predicted octanol–water partition coefficient (Wildman–Crippen LogP) is 0.300. The lowest BCUT2D eigenvalue weighted by molar-refractivity contribution is 0.369. The molecule has 0 bridgehead atoms. The van der Waals surface area contributed by atoms with Crippen molar-refractivity contribution in [1.82, 2.24) is 14.7 Å². The van der Waals surface area contributed by atoms with Gasteiger partial charge < -0.3 is 4.90 Å². The third kappa shape index (κ3) is 2.73. The Hall–Kier alpha value is -1.03. The van der Waals surface area contributed by atoms with E-state index in [-0.39, 0.29) is 5.56 Å². The molecule has 0 unspecified atom stereocenters. The first-order valence-corrected chi connectivity index (χ1v) is 4.57. The van der Waals surface area contributed by atoms with E-state index in [4.69, 9.17) is 0 Å². The maximum absolute atomic E-state index is 11.3. The fourth-order valence-corrected chi connectivity index (χ4v) is 1.13. The summed E-state index contributed by atoms with van der Waals surface area (Å²) in [6.45, 7) is 3.64. The number of hydrogen-bond donors (Lipinski definition) is 1. The Morgan fingerprint density at radius 1 is 1.54 bits per heavy atom. The summed E-state index contributed by atoms with van der Waals surface area (Å²) in [6.07, 6.45) is 0.879. The lowest BCUT2D eigenvalue weighted by Crippen LogP contribution is -2.24. The van der Waals surface area contributed by atoms with Crippen LogP contribution in [0.2, 0.25) is 0 Å². The Kier molecular flexibility index (Phi) is 3.31. The van der Waals surface area contributed by atoms with Crippen LogP contribution >= 0.6 is 0 Å². The zero-order valence-corrected chi connectivity index (χ0v) is 8.50. The summed E-state index contributed by atoms with van der Waals surface area (Å²) >= 11 is 0. The number of nitrogens with one attached hydrogen (secondary N) is 1. The number of nitrogens with zero attached hydrogens (tertiary/aromatic N) is 2. The zero-order valence-electron chi connectivity index (χ0n) is 8.50. The van der Waals surface area contributed by atoms with Crippen LogP contribution in [-0.4, -0.2) is 35.3 Å². The van der Waals surface area contributed by atoms with Gasteiger partial charge in [0.2, 0.25) is 0 Å². The molecule has 1 heterocycles. The highest BCUT2D eigenvalue weighted by Crippen LogP contribution is 1.90. The van der Waals surface area contributed by atoms with Gasteiger partial charge in [0.05, 0.1) is 6.54 Å². The van der Waals surface area contributed by atoms with Gasteiger partial charge in [0.15, 0.2) is 0 Å². The van der Waals surface area contributed by atoms with Crippen LogP contribution in [0.1, 0.15) is 12.6 Å². The molecule has 74 valence electrons. The quantitative estimate of drug-likeness (QED) is 0.729. The molecule has 0 fully saturated rings. The third-order valence-electron chi connectivity index (χ3n) is 1.99. The number of H-pyrrole nitrogens is 1. The second-order valence-corrected chi connectivity index (χ2v) is 3.43. The summed E-state index contributed by atoms with van der Waals surface area (Å²) < 4.78 is 1.65. The predicted molar refractivity (Wildman–Crippen MR) is 53.0 cm³/mol. The van der Waals surface area contributed by atoms with Crippen LogP contribution in [0.4, 0.5) is 0 Å². The molecular formula is C9H17N3O. The van der Waals surface area contributed by atoms with E-state index in [0.717, 1.165) is 25.2 Å². The standard InChI is InChI=1S/C9H17N3O/c1-4-8-7-9(13)12(10-8)6-5-11(2)3/h7,10H,4-6H2,1-3H3. The first-order valence-electron chi connectivity index (χ1n) is 4.57. The molecule has 0 aliphatic carbocycles. The monoisotopic (exact) mass is 183 g/mol. The SMILES string of the molecule is CCc1cc(=O)n(CCN(C)C)[nH]1. The molecule has 0 radical (unpaired) electrons. The minimum atomic E-state index is 0.0682. The van der Waals surface area contributed by atoms with Crippen molar-refractivity contribution in [3.05, 3.63) is 22.1 Å². The summed E-state index contributed by atoms with van der Waals surface area (Å²) in [7, 11) is 3.99. The second-order valence-electron chi connectivity index (χ2n) is 3.43. The van der Waals surface area contributed by atoms with Crippen molar-refractivity contribution < 1.29 is 0 Å². The largest absolute Gasteiger partial charge is 0.308 e. The maximum Gasteiger partial charge on any atom is 0.266 e. The Labute approximate surface area is 78.1 Å². The first kappa shape index (κ1) is 10.1. The normalized spacial score (nSPS) is 11.1. The van der Waals surface area contributed by atoms with Gasteiger partial charge in [-0.25, -0.2) is 0 Å². The molecule has 0 saturated heterocycles. The molecule has 13 heavy (non-hydrogen) atoms. The molecule has 1 aromatic rings. The number of rotatable bonds is 4. The zero-order chi connectivity index (χ0) is 9.84. The van der Waals surface area contributed by atoms with Crippen LogP contribution < -0.4 is 5.56 Å². The molecule has 1 aromatic heterocycles. The molecule has 0 amide bonds. The van der Waals surface area contributed by atoms with Gasteiger partial charge in [0.25, 0.3) is 5.56 Å². The third-order valence-corrected chi connectivity index (χ3v) is 1.99. The molecular weight excluding hydrogens is 166 g/mol. The minimum Gasteiger partial charge on any atom is -0.308 e. The van der Waals surface area contributed by atoms with Crippen molar-refractivity contribution in [3.63, 3.8) is 0 Å². The molecule has 0 atom stereocenters. The summed E-state index contributed by atoms with van der Waals surface area (Å²) in [6, 6.07) is 1.66. The Balaban J connectivity index is 2.66. The molecule has 0 spiro atoms.